The van der Waals surface area contributed by atoms with Crippen LogP contribution in [0.4, 0.5) is 11.4 Å². The number of aromatic nitrogens is 1. The number of rotatable bonds is 5. The number of benzene rings is 2. The fraction of sp³-hybridized carbons (Fsp3) is 0.192. The second-order valence-electron chi connectivity index (χ2n) is 7.92. The van der Waals surface area contributed by atoms with Gasteiger partial charge >= 0.3 is 0 Å². The fourth-order valence-corrected chi connectivity index (χ4v) is 3.92. The van der Waals surface area contributed by atoms with Gasteiger partial charge in [0.05, 0.1) is 17.9 Å². The van der Waals surface area contributed by atoms with Gasteiger partial charge in [-0.25, -0.2) is 9.98 Å². The van der Waals surface area contributed by atoms with Crippen molar-refractivity contribution in [2.24, 2.45) is 4.99 Å². The Hall–Kier alpha value is -4.17. The lowest BCUT2D eigenvalue weighted by Gasteiger charge is -2.11. The molecule has 5 rings (SSSR count). The smallest absolute Gasteiger partial charge is 0.261 e. The van der Waals surface area contributed by atoms with Gasteiger partial charge in [-0.1, -0.05) is 25.1 Å². The minimum Gasteiger partial charge on any atom is -0.454 e. The molecule has 1 amide bonds. The lowest BCUT2D eigenvalue weighted by molar-refractivity contribution is -0.386. The van der Waals surface area contributed by atoms with E-state index in [9.17, 15) is 9.90 Å². The van der Waals surface area contributed by atoms with Crippen LogP contribution < -0.4 is 25.3 Å². The second-order valence-corrected chi connectivity index (χ2v) is 7.92. The zero-order chi connectivity index (χ0) is 23.7. The van der Waals surface area contributed by atoms with Crippen molar-refractivity contribution in [2.75, 3.05) is 12.1 Å². The Labute approximate surface area is 195 Å². The minimum atomic E-state index is -0.361. The lowest BCUT2D eigenvalue weighted by Crippen LogP contribution is -2.23. The highest BCUT2D eigenvalue weighted by Gasteiger charge is 2.20. The summed E-state index contributed by atoms with van der Waals surface area (Å²) in [5.41, 5.74) is 4.56. The lowest BCUT2D eigenvalue weighted by atomic mass is 10.1. The third kappa shape index (κ3) is 3.99. The number of nitrogens with one attached hydrogen (secondary N) is 2. The van der Waals surface area contributed by atoms with Gasteiger partial charge < -0.3 is 24.3 Å². The molecule has 0 spiro atoms. The second kappa shape index (κ2) is 8.99. The van der Waals surface area contributed by atoms with E-state index in [1.807, 2.05) is 38.1 Å². The molecule has 0 bridgehead atoms. The summed E-state index contributed by atoms with van der Waals surface area (Å²) in [7, 11) is 0. The molecule has 2 aromatic carbocycles. The van der Waals surface area contributed by atoms with Crippen molar-refractivity contribution in [3.8, 4) is 11.5 Å². The number of carbonyl (C=O) groups is 1. The summed E-state index contributed by atoms with van der Waals surface area (Å²) >= 11 is 0. The van der Waals surface area contributed by atoms with Gasteiger partial charge in [-0.2, -0.15) is 0 Å². The van der Waals surface area contributed by atoms with Crippen LogP contribution in [0.25, 0.3) is 11.0 Å². The van der Waals surface area contributed by atoms with Crippen LogP contribution in [0.2, 0.25) is 0 Å². The first-order valence-corrected chi connectivity index (χ1v) is 11.0. The topological polar surface area (TPSA) is 107 Å². The van der Waals surface area contributed by atoms with E-state index < -0.39 is 0 Å². The Balaban J connectivity index is 1.69. The van der Waals surface area contributed by atoms with E-state index in [2.05, 4.69) is 15.3 Å². The summed E-state index contributed by atoms with van der Waals surface area (Å²) in [6.07, 6.45) is 2.48. The highest BCUT2D eigenvalue weighted by Crippen LogP contribution is 2.35. The molecule has 0 aliphatic carbocycles. The van der Waals surface area contributed by atoms with Gasteiger partial charge in [-0.15, -0.1) is 0 Å². The molecular formula is C26H24N3O5+. The molecular weight excluding hydrogens is 434 g/mol. The molecule has 8 heteroatoms. The quantitative estimate of drug-likeness (QED) is 0.473. The molecule has 34 heavy (non-hydrogen) atoms. The molecule has 4 aromatic rings. The van der Waals surface area contributed by atoms with Crippen LogP contribution in [-0.4, -0.2) is 17.8 Å². The number of carbonyl (C=O) groups excluding carboxylic acids is 1. The first kappa shape index (κ1) is 21.7. The van der Waals surface area contributed by atoms with Gasteiger partial charge in [-0.05, 0) is 36.2 Å². The normalized spacial score (nSPS) is 12.9. The van der Waals surface area contributed by atoms with Gasteiger partial charge in [0.25, 0.3) is 5.91 Å². The Bertz CT molecular complexity index is 1480. The average Bonchev–Trinajstić information content (AvgIpc) is 3.32. The number of hydrogen-bond acceptors (Lipinski definition) is 6. The Morgan fingerprint density at radius 1 is 1.12 bits per heavy atom. The number of hydrogen-bond donors (Lipinski definition) is 2. The number of para-hydroxylation sites is 1. The summed E-state index contributed by atoms with van der Waals surface area (Å²) < 4.78 is 17.0. The van der Waals surface area contributed by atoms with Gasteiger partial charge in [0.15, 0.2) is 17.7 Å². The predicted octanol–water partition coefficient (Wildman–Crippen LogP) is 3.82. The van der Waals surface area contributed by atoms with Crippen LogP contribution >= 0.6 is 0 Å². The van der Waals surface area contributed by atoms with Crippen LogP contribution in [-0.2, 0) is 13.0 Å². The molecule has 0 radical (unpaired) electrons. The fourth-order valence-electron chi connectivity index (χ4n) is 3.92. The van der Waals surface area contributed by atoms with Gasteiger partial charge in [0.2, 0.25) is 23.6 Å². The van der Waals surface area contributed by atoms with E-state index in [0.29, 0.717) is 33.7 Å². The molecule has 0 saturated carbocycles. The first-order valence-electron chi connectivity index (χ1n) is 11.0. The van der Waals surface area contributed by atoms with Crippen molar-refractivity contribution in [1.82, 2.24) is 0 Å². The van der Waals surface area contributed by atoms with Crippen molar-refractivity contribution in [3.63, 3.8) is 0 Å². The van der Waals surface area contributed by atoms with Crippen LogP contribution in [0.3, 0.4) is 0 Å². The summed E-state index contributed by atoms with van der Waals surface area (Å²) in [6.45, 7) is 3.84. The van der Waals surface area contributed by atoms with Gasteiger partial charge in [0, 0.05) is 24.1 Å². The number of aliphatic hydroxyl groups is 1. The largest absolute Gasteiger partial charge is 0.454 e. The SMILES string of the molecule is CCc1ccccc1NC(=O)c1cc2c(CO)c[nH+]c(C)c2oc1=Nc1ccc2c(c1)OCO2. The number of aryl methyl sites for hydroxylation is 2. The zero-order valence-corrected chi connectivity index (χ0v) is 18.8. The van der Waals surface area contributed by atoms with Crippen LogP contribution in [0, 0.1) is 6.92 Å². The van der Waals surface area contributed by atoms with E-state index in [0.717, 1.165) is 23.4 Å². The highest BCUT2D eigenvalue weighted by atomic mass is 16.7. The third-order valence-corrected chi connectivity index (χ3v) is 5.76. The summed E-state index contributed by atoms with van der Waals surface area (Å²) in [5.74, 6) is 0.860. The Morgan fingerprint density at radius 3 is 2.76 bits per heavy atom. The number of aromatic amines is 1. The maximum Gasteiger partial charge on any atom is 0.261 e. The summed E-state index contributed by atoms with van der Waals surface area (Å²) in [5, 5.41) is 13.5. The monoisotopic (exact) mass is 458 g/mol. The molecule has 1 aliphatic heterocycles. The van der Waals surface area contributed by atoms with Crippen LogP contribution in [0.5, 0.6) is 11.5 Å². The summed E-state index contributed by atoms with van der Waals surface area (Å²) in [6, 6.07) is 14.6. The molecule has 0 unspecified atom stereocenters. The molecule has 0 saturated heterocycles. The first-order chi connectivity index (χ1) is 16.6. The maximum absolute atomic E-state index is 13.5. The van der Waals surface area contributed by atoms with E-state index >= 15 is 0 Å². The molecule has 3 heterocycles. The van der Waals surface area contributed by atoms with Gasteiger partial charge in [0.1, 0.15) is 5.56 Å². The van der Waals surface area contributed by atoms with Crippen molar-refractivity contribution in [1.29, 1.82) is 0 Å². The molecule has 0 fully saturated rings. The van der Waals surface area contributed by atoms with E-state index in [1.54, 1.807) is 30.5 Å². The van der Waals surface area contributed by atoms with E-state index in [-0.39, 0.29) is 30.4 Å². The highest BCUT2D eigenvalue weighted by molar-refractivity contribution is 6.06. The number of aliphatic hydroxyl groups excluding tert-OH is 1. The van der Waals surface area contributed by atoms with E-state index in [1.165, 1.54) is 0 Å². The zero-order valence-electron chi connectivity index (χ0n) is 18.8. The average molecular weight is 458 g/mol. The molecule has 2 aromatic heterocycles. The molecule has 0 atom stereocenters. The number of ether oxygens (including phenoxy) is 2. The standard InChI is InChI=1S/C26H23N3O5/c1-3-16-6-4-5-7-21(16)29-25(31)20-11-19-17(13-30)12-27-15(2)24(19)34-26(20)28-18-8-9-22-23(10-18)33-14-32-22/h4-12,30H,3,13-14H2,1-2H3,(H,29,31)/p+1. The Kier molecular flexibility index (Phi) is 5.73. The van der Waals surface area contributed by atoms with Crippen LogP contribution in [0.15, 0.2) is 64.1 Å². The van der Waals surface area contributed by atoms with Crippen molar-refractivity contribution < 1.29 is 28.8 Å². The molecule has 172 valence electrons. The number of fused-ring (bicyclic) bond motifs is 2. The number of amides is 1. The molecule has 8 nitrogen and oxygen atoms in total. The van der Waals surface area contributed by atoms with Crippen LogP contribution in [0.1, 0.15) is 34.1 Å². The maximum atomic E-state index is 13.5. The predicted molar refractivity (Wildman–Crippen MR) is 125 cm³/mol. The number of anilines is 1. The van der Waals surface area contributed by atoms with E-state index in [4.69, 9.17) is 13.9 Å². The molecule has 1 aliphatic rings. The van der Waals surface area contributed by atoms with Crippen molar-refractivity contribution in [3.05, 3.63) is 82.7 Å². The number of pyridine rings is 1. The molecule has 3 N–H and O–H groups in total. The third-order valence-electron chi connectivity index (χ3n) is 5.76. The van der Waals surface area contributed by atoms with Crippen molar-refractivity contribution >= 4 is 28.3 Å². The Morgan fingerprint density at radius 2 is 1.94 bits per heavy atom. The minimum absolute atomic E-state index is 0.143. The number of nitrogens with zero attached hydrogens (tertiary/aromatic N) is 1. The van der Waals surface area contributed by atoms with Crippen molar-refractivity contribution in [2.45, 2.75) is 26.9 Å². The number of H-pyrrole nitrogens is 1. The summed E-state index contributed by atoms with van der Waals surface area (Å²) in [4.78, 5) is 21.2. The van der Waals surface area contributed by atoms with Gasteiger partial charge in [-0.3, -0.25) is 4.79 Å².